The molecule has 0 unspecified atom stereocenters. The zero-order valence-electron chi connectivity index (χ0n) is 10.7. The highest BCUT2D eigenvalue weighted by molar-refractivity contribution is 5.90. The monoisotopic (exact) mass is 268 g/mol. The van der Waals surface area contributed by atoms with Gasteiger partial charge in [0, 0.05) is 18.6 Å². The molecule has 7 nitrogen and oxygen atoms in total. The number of rotatable bonds is 3. The van der Waals surface area contributed by atoms with Gasteiger partial charge in [0.25, 0.3) is 5.91 Å². The molecule has 0 radical (unpaired) electrons. The summed E-state index contributed by atoms with van der Waals surface area (Å²) in [6, 6.07) is 7.70. The highest BCUT2D eigenvalue weighted by Gasteiger charge is 2.08. The van der Waals surface area contributed by atoms with E-state index in [4.69, 9.17) is 0 Å². The summed E-state index contributed by atoms with van der Waals surface area (Å²) in [6.45, 7) is 0. The fourth-order valence-corrected chi connectivity index (χ4v) is 1.77. The number of nitrogens with zero attached hydrogens (tertiary/aromatic N) is 3. The molecule has 2 aromatic heterocycles. The molecule has 0 spiro atoms. The second kappa shape index (κ2) is 4.96. The van der Waals surface area contributed by atoms with Gasteiger partial charge < -0.3 is 15.6 Å². The second-order valence-electron chi connectivity index (χ2n) is 4.10. The third-order valence-electron chi connectivity index (χ3n) is 2.75. The number of hydrogen-bond donors (Lipinski definition) is 3. The van der Waals surface area contributed by atoms with Crippen LogP contribution in [0.1, 0.15) is 10.6 Å². The summed E-state index contributed by atoms with van der Waals surface area (Å²) in [6.07, 6.45) is 3.25. The zero-order valence-corrected chi connectivity index (χ0v) is 10.7. The van der Waals surface area contributed by atoms with Gasteiger partial charge in [-0.15, -0.1) is 0 Å². The van der Waals surface area contributed by atoms with Crippen LogP contribution in [-0.2, 0) is 0 Å². The predicted molar refractivity (Wildman–Crippen MR) is 74.8 cm³/mol. The van der Waals surface area contributed by atoms with Crippen molar-refractivity contribution in [3.63, 3.8) is 0 Å². The average molecular weight is 268 g/mol. The number of aromatic nitrogens is 4. The number of carbonyl (C=O) groups excluding carboxylic acids is 1. The standard InChI is InChI=1S/C13H12N6O/c1-14-12(20)11-15-7-10(18-11)19-13-16-6-8-4-2-3-5-9(8)17-13/h2-7H,1H3,(H,14,20)(H,15,18)(H,16,17,19). The Balaban J connectivity index is 1.85. The maximum Gasteiger partial charge on any atom is 0.286 e. The van der Waals surface area contributed by atoms with Gasteiger partial charge in [0.1, 0.15) is 5.82 Å². The van der Waals surface area contributed by atoms with Gasteiger partial charge in [-0.05, 0) is 6.07 Å². The molecule has 0 aliphatic carbocycles. The van der Waals surface area contributed by atoms with E-state index in [0.29, 0.717) is 11.8 Å². The number of imidazole rings is 1. The minimum Gasteiger partial charge on any atom is -0.352 e. The second-order valence-corrected chi connectivity index (χ2v) is 4.10. The Morgan fingerprint density at radius 2 is 2.05 bits per heavy atom. The SMILES string of the molecule is CNC(=O)c1ncc(Nc2ncc3ccccc3n2)[nH]1. The molecule has 100 valence electrons. The van der Waals surface area contributed by atoms with Crippen LogP contribution < -0.4 is 10.6 Å². The summed E-state index contributed by atoms with van der Waals surface area (Å²) >= 11 is 0. The maximum absolute atomic E-state index is 11.4. The summed E-state index contributed by atoms with van der Waals surface area (Å²) in [7, 11) is 1.55. The third-order valence-corrected chi connectivity index (χ3v) is 2.75. The number of nitrogens with one attached hydrogen (secondary N) is 3. The molecule has 0 atom stereocenters. The molecule has 7 heteroatoms. The fourth-order valence-electron chi connectivity index (χ4n) is 1.77. The highest BCUT2D eigenvalue weighted by atomic mass is 16.2. The Kier molecular flexibility index (Phi) is 3.00. The van der Waals surface area contributed by atoms with Gasteiger partial charge in [-0.2, -0.15) is 0 Å². The maximum atomic E-state index is 11.4. The number of carbonyl (C=O) groups is 1. The van der Waals surface area contributed by atoms with Crippen molar-refractivity contribution in [1.82, 2.24) is 25.3 Å². The van der Waals surface area contributed by atoms with Crippen LogP contribution in [-0.4, -0.2) is 32.9 Å². The quantitative estimate of drug-likeness (QED) is 0.668. The normalized spacial score (nSPS) is 10.4. The Morgan fingerprint density at radius 3 is 2.90 bits per heavy atom. The van der Waals surface area contributed by atoms with Gasteiger partial charge >= 0.3 is 0 Å². The molecule has 0 saturated heterocycles. The molecule has 2 heterocycles. The van der Waals surface area contributed by atoms with Gasteiger partial charge in [-0.1, -0.05) is 18.2 Å². The van der Waals surface area contributed by atoms with E-state index < -0.39 is 0 Å². The van der Waals surface area contributed by atoms with Crippen LogP contribution >= 0.6 is 0 Å². The summed E-state index contributed by atoms with van der Waals surface area (Å²) in [5.41, 5.74) is 0.844. The summed E-state index contributed by atoms with van der Waals surface area (Å²) in [5, 5.41) is 6.43. The number of para-hydroxylation sites is 1. The molecule has 0 saturated carbocycles. The van der Waals surface area contributed by atoms with E-state index in [2.05, 4.69) is 30.6 Å². The van der Waals surface area contributed by atoms with Crippen molar-refractivity contribution in [2.75, 3.05) is 12.4 Å². The van der Waals surface area contributed by atoms with Crippen molar-refractivity contribution in [3.8, 4) is 0 Å². The van der Waals surface area contributed by atoms with Crippen molar-refractivity contribution in [2.24, 2.45) is 0 Å². The summed E-state index contributed by atoms with van der Waals surface area (Å²) < 4.78 is 0. The van der Waals surface area contributed by atoms with Crippen molar-refractivity contribution < 1.29 is 4.79 Å². The van der Waals surface area contributed by atoms with Gasteiger partial charge in [-0.25, -0.2) is 15.0 Å². The number of fused-ring (bicyclic) bond motifs is 1. The largest absolute Gasteiger partial charge is 0.352 e. The van der Waals surface area contributed by atoms with E-state index in [1.807, 2.05) is 24.3 Å². The average Bonchev–Trinajstić information content (AvgIpc) is 2.95. The topological polar surface area (TPSA) is 95.6 Å². The molecule has 3 N–H and O–H groups in total. The van der Waals surface area contributed by atoms with Crippen LogP contribution in [0, 0.1) is 0 Å². The van der Waals surface area contributed by atoms with Crippen LogP contribution in [0.4, 0.5) is 11.8 Å². The third kappa shape index (κ3) is 2.28. The minimum atomic E-state index is -0.280. The lowest BCUT2D eigenvalue weighted by Crippen LogP contribution is -2.19. The molecular formula is C13H12N6O. The number of H-pyrrole nitrogens is 1. The number of aromatic amines is 1. The highest BCUT2D eigenvalue weighted by Crippen LogP contribution is 2.14. The first-order chi connectivity index (χ1) is 9.76. The smallest absolute Gasteiger partial charge is 0.286 e. The lowest BCUT2D eigenvalue weighted by Gasteiger charge is -2.02. The fraction of sp³-hybridized carbons (Fsp3) is 0.0769. The van der Waals surface area contributed by atoms with Crippen molar-refractivity contribution in [3.05, 3.63) is 42.5 Å². The van der Waals surface area contributed by atoms with Gasteiger partial charge in [-0.3, -0.25) is 4.79 Å². The van der Waals surface area contributed by atoms with Crippen LogP contribution in [0.5, 0.6) is 0 Å². The first-order valence-corrected chi connectivity index (χ1v) is 6.02. The first kappa shape index (κ1) is 12.1. The Bertz CT molecular complexity index is 766. The number of amides is 1. The van der Waals surface area contributed by atoms with E-state index >= 15 is 0 Å². The van der Waals surface area contributed by atoms with Gasteiger partial charge in [0.15, 0.2) is 5.82 Å². The van der Waals surface area contributed by atoms with Crippen LogP contribution in [0.15, 0.2) is 36.7 Å². The molecule has 0 fully saturated rings. The molecule has 0 aliphatic rings. The molecule has 3 aromatic rings. The lowest BCUT2D eigenvalue weighted by atomic mass is 10.2. The zero-order chi connectivity index (χ0) is 13.9. The van der Waals surface area contributed by atoms with E-state index in [1.54, 1.807) is 13.2 Å². The van der Waals surface area contributed by atoms with E-state index in [0.717, 1.165) is 10.9 Å². The molecule has 1 aromatic carbocycles. The number of hydrogen-bond acceptors (Lipinski definition) is 5. The van der Waals surface area contributed by atoms with Gasteiger partial charge in [0.05, 0.1) is 11.7 Å². The van der Waals surface area contributed by atoms with E-state index in [9.17, 15) is 4.79 Å². The summed E-state index contributed by atoms with van der Waals surface area (Å²) in [5.74, 6) is 0.947. The Hall–Kier alpha value is -2.96. The molecule has 1 amide bonds. The van der Waals surface area contributed by atoms with Crippen LogP contribution in [0.3, 0.4) is 0 Å². The molecule has 0 aliphatic heterocycles. The van der Waals surface area contributed by atoms with Crippen molar-refractivity contribution >= 4 is 28.6 Å². The first-order valence-electron chi connectivity index (χ1n) is 6.02. The molecule has 3 rings (SSSR count). The van der Waals surface area contributed by atoms with Gasteiger partial charge in [0.2, 0.25) is 5.95 Å². The molecule has 0 bridgehead atoms. The van der Waals surface area contributed by atoms with E-state index in [-0.39, 0.29) is 11.7 Å². The number of benzene rings is 1. The Morgan fingerprint density at radius 1 is 1.20 bits per heavy atom. The molecular weight excluding hydrogens is 256 g/mol. The molecule has 20 heavy (non-hydrogen) atoms. The lowest BCUT2D eigenvalue weighted by molar-refractivity contribution is 0.0954. The Labute approximate surface area is 114 Å². The number of anilines is 2. The van der Waals surface area contributed by atoms with Crippen molar-refractivity contribution in [1.29, 1.82) is 0 Å². The van der Waals surface area contributed by atoms with Crippen molar-refractivity contribution in [2.45, 2.75) is 0 Å². The van der Waals surface area contributed by atoms with Crippen LogP contribution in [0.2, 0.25) is 0 Å². The predicted octanol–water partition coefficient (Wildman–Crippen LogP) is 1.46. The summed E-state index contributed by atoms with van der Waals surface area (Å²) in [4.78, 5) is 26.8. The van der Waals surface area contributed by atoms with E-state index in [1.165, 1.54) is 6.20 Å². The minimum absolute atomic E-state index is 0.232. The van der Waals surface area contributed by atoms with Crippen LogP contribution in [0.25, 0.3) is 10.9 Å².